The van der Waals surface area contributed by atoms with Crippen molar-refractivity contribution in [1.29, 1.82) is 0 Å². The van der Waals surface area contributed by atoms with Gasteiger partial charge in [0.1, 0.15) is 5.76 Å². The van der Waals surface area contributed by atoms with Gasteiger partial charge in [-0.15, -0.1) is 0 Å². The maximum absolute atomic E-state index is 12.6. The van der Waals surface area contributed by atoms with Crippen LogP contribution in [0.3, 0.4) is 0 Å². The first-order valence-electron chi connectivity index (χ1n) is 8.46. The number of hydrogen-bond donors (Lipinski definition) is 1. The van der Waals surface area contributed by atoms with Crippen LogP contribution < -0.4 is 10.2 Å². The summed E-state index contributed by atoms with van der Waals surface area (Å²) in [5.74, 6) is 0.659. The minimum atomic E-state index is -0.602. The lowest BCUT2D eigenvalue weighted by Gasteiger charge is -2.26. The standard InChI is InChI=1S/C19H23N3O3/c1-12-17(13(2)25-21-12)19(3,4)20-18(24)14-7-9-15(10-8-14)22-11-5-6-16(22)23/h7-10H,5-6,11H2,1-4H3,(H,20,24). The Morgan fingerprint density at radius 3 is 2.44 bits per heavy atom. The van der Waals surface area contributed by atoms with Crippen LogP contribution in [0.4, 0.5) is 5.69 Å². The average Bonchev–Trinajstić information content (AvgIpc) is 3.13. The van der Waals surface area contributed by atoms with Crippen LogP contribution in [0.5, 0.6) is 0 Å². The number of aromatic nitrogens is 1. The van der Waals surface area contributed by atoms with Crippen molar-refractivity contribution in [2.75, 3.05) is 11.4 Å². The molecule has 6 nitrogen and oxygen atoms in total. The minimum Gasteiger partial charge on any atom is -0.361 e. The lowest BCUT2D eigenvalue weighted by molar-refractivity contribution is -0.117. The Morgan fingerprint density at radius 1 is 1.24 bits per heavy atom. The smallest absolute Gasteiger partial charge is 0.251 e. The van der Waals surface area contributed by atoms with E-state index in [1.165, 1.54) is 0 Å². The molecule has 2 aromatic rings. The van der Waals surface area contributed by atoms with Crippen molar-refractivity contribution >= 4 is 17.5 Å². The molecular formula is C19H23N3O3. The lowest BCUT2D eigenvalue weighted by Crippen LogP contribution is -2.41. The largest absolute Gasteiger partial charge is 0.361 e. The summed E-state index contributed by atoms with van der Waals surface area (Å²) < 4.78 is 5.21. The summed E-state index contributed by atoms with van der Waals surface area (Å²) in [6.07, 6.45) is 1.47. The average molecular weight is 341 g/mol. The summed E-state index contributed by atoms with van der Waals surface area (Å²) in [4.78, 5) is 26.2. The third-order valence-electron chi connectivity index (χ3n) is 4.60. The van der Waals surface area contributed by atoms with Crippen LogP contribution in [0.15, 0.2) is 28.8 Å². The molecule has 0 aliphatic carbocycles. The van der Waals surface area contributed by atoms with E-state index in [4.69, 9.17) is 4.52 Å². The maximum Gasteiger partial charge on any atom is 0.251 e. The van der Waals surface area contributed by atoms with Gasteiger partial charge in [0.15, 0.2) is 0 Å². The monoisotopic (exact) mass is 341 g/mol. The molecule has 3 rings (SSSR count). The van der Waals surface area contributed by atoms with E-state index in [0.717, 1.165) is 29.9 Å². The van der Waals surface area contributed by atoms with E-state index < -0.39 is 5.54 Å². The van der Waals surface area contributed by atoms with E-state index >= 15 is 0 Å². The first kappa shape index (κ1) is 17.2. The van der Waals surface area contributed by atoms with Gasteiger partial charge in [-0.3, -0.25) is 9.59 Å². The Labute approximate surface area is 147 Å². The van der Waals surface area contributed by atoms with Gasteiger partial charge in [-0.2, -0.15) is 0 Å². The van der Waals surface area contributed by atoms with Crippen molar-refractivity contribution in [3.63, 3.8) is 0 Å². The van der Waals surface area contributed by atoms with Crippen molar-refractivity contribution in [2.24, 2.45) is 0 Å². The minimum absolute atomic E-state index is 0.136. The summed E-state index contributed by atoms with van der Waals surface area (Å²) in [5, 5.41) is 7.00. The van der Waals surface area contributed by atoms with E-state index in [1.54, 1.807) is 17.0 Å². The highest BCUT2D eigenvalue weighted by molar-refractivity contribution is 5.97. The first-order valence-corrected chi connectivity index (χ1v) is 8.46. The van der Waals surface area contributed by atoms with Crippen molar-refractivity contribution < 1.29 is 14.1 Å². The summed E-state index contributed by atoms with van der Waals surface area (Å²) in [5.41, 5.74) is 2.44. The van der Waals surface area contributed by atoms with Crippen molar-refractivity contribution in [2.45, 2.75) is 46.1 Å². The molecule has 2 heterocycles. The number of rotatable bonds is 4. The maximum atomic E-state index is 12.6. The SMILES string of the molecule is Cc1noc(C)c1C(C)(C)NC(=O)c1ccc(N2CCCC2=O)cc1. The number of aryl methyl sites for hydroxylation is 2. The lowest BCUT2D eigenvalue weighted by atomic mass is 9.92. The number of nitrogens with zero attached hydrogens (tertiary/aromatic N) is 2. The number of hydrogen-bond acceptors (Lipinski definition) is 4. The Kier molecular flexibility index (Phi) is 4.37. The number of benzene rings is 1. The first-order chi connectivity index (χ1) is 11.8. The van der Waals surface area contributed by atoms with Gasteiger partial charge in [-0.1, -0.05) is 5.16 Å². The van der Waals surface area contributed by atoms with E-state index in [2.05, 4.69) is 10.5 Å². The number of amides is 2. The Hall–Kier alpha value is -2.63. The Bertz CT molecular complexity index is 786. The zero-order valence-corrected chi connectivity index (χ0v) is 15.0. The molecular weight excluding hydrogens is 318 g/mol. The molecule has 1 N–H and O–H groups in total. The van der Waals surface area contributed by atoms with Crippen LogP contribution in [-0.2, 0) is 10.3 Å². The molecule has 6 heteroatoms. The summed E-state index contributed by atoms with van der Waals surface area (Å²) in [6, 6.07) is 7.14. The van der Waals surface area contributed by atoms with Gasteiger partial charge in [-0.25, -0.2) is 0 Å². The van der Waals surface area contributed by atoms with Crippen LogP contribution in [0, 0.1) is 13.8 Å². The summed E-state index contributed by atoms with van der Waals surface area (Å²) in [6.45, 7) is 8.29. The molecule has 1 aromatic carbocycles. The molecule has 1 aliphatic rings. The molecule has 0 unspecified atom stereocenters. The number of carbonyl (C=O) groups excluding carboxylic acids is 2. The predicted molar refractivity (Wildman–Crippen MR) is 94.5 cm³/mol. The second kappa shape index (κ2) is 6.35. The molecule has 1 fully saturated rings. The predicted octanol–water partition coefficient (Wildman–Crippen LogP) is 3.08. The normalized spacial score (nSPS) is 14.9. The number of nitrogens with one attached hydrogen (secondary N) is 1. The van der Waals surface area contributed by atoms with E-state index in [9.17, 15) is 9.59 Å². The van der Waals surface area contributed by atoms with Gasteiger partial charge in [0, 0.05) is 29.8 Å². The second-order valence-corrected chi connectivity index (χ2v) is 6.97. The van der Waals surface area contributed by atoms with Crippen LogP contribution in [0.25, 0.3) is 0 Å². The molecule has 1 aliphatic heterocycles. The van der Waals surface area contributed by atoms with E-state index in [1.807, 2.05) is 39.8 Å². The molecule has 0 bridgehead atoms. The molecule has 2 amide bonds. The van der Waals surface area contributed by atoms with Crippen molar-refractivity contribution in [3.8, 4) is 0 Å². The molecule has 25 heavy (non-hydrogen) atoms. The topological polar surface area (TPSA) is 75.4 Å². The zero-order valence-electron chi connectivity index (χ0n) is 15.0. The number of anilines is 1. The summed E-state index contributed by atoms with van der Waals surface area (Å²) in [7, 11) is 0. The fraction of sp³-hybridized carbons (Fsp3) is 0.421. The molecule has 0 spiro atoms. The van der Waals surface area contributed by atoms with Crippen LogP contribution >= 0.6 is 0 Å². The highest BCUT2D eigenvalue weighted by Crippen LogP contribution is 2.27. The van der Waals surface area contributed by atoms with Crippen molar-refractivity contribution in [1.82, 2.24) is 10.5 Å². The zero-order chi connectivity index (χ0) is 18.2. The molecule has 1 aromatic heterocycles. The van der Waals surface area contributed by atoms with Gasteiger partial charge < -0.3 is 14.7 Å². The highest BCUT2D eigenvalue weighted by Gasteiger charge is 2.30. The van der Waals surface area contributed by atoms with Crippen molar-refractivity contribution in [3.05, 3.63) is 46.8 Å². The third-order valence-corrected chi connectivity index (χ3v) is 4.60. The highest BCUT2D eigenvalue weighted by atomic mass is 16.5. The van der Waals surface area contributed by atoms with Gasteiger partial charge in [-0.05, 0) is 58.4 Å². The van der Waals surface area contributed by atoms with Crippen LogP contribution in [-0.4, -0.2) is 23.5 Å². The van der Waals surface area contributed by atoms with Gasteiger partial charge >= 0.3 is 0 Å². The van der Waals surface area contributed by atoms with E-state index in [-0.39, 0.29) is 11.8 Å². The molecule has 0 atom stereocenters. The fourth-order valence-electron chi connectivity index (χ4n) is 3.51. The fourth-order valence-corrected chi connectivity index (χ4v) is 3.51. The Balaban J connectivity index is 1.76. The van der Waals surface area contributed by atoms with Crippen LogP contribution in [0.2, 0.25) is 0 Å². The van der Waals surface area contributed by atoms with Gasteiger partial charge in [0.25, 0.3) is 5.91 Å². The molecule has 0 radical (unpaired) electrons. The van der Waals surface area contributed by atoms with Gasteiger partial charge in [0.2, 0.25) is 5.91 Å². The third kappa shape index (κ3) is 3.29. The quantitative estimate of drug-likeness (QED) is 0.927. The molecule has 1 saturated heterocycles. The van der Waals surface area contributed by atoms with E-state index in [0.29, 0.717) is 17.7 Å². The number of carbonyl (C=O) groups is 2. The second-order valence-electron chi connectivity index (χ2n) is 6.97. The Morgan fingerprint density at radius 2 is 1.92 bits per heavy atom. The molecule has 132 valence electrons. The van der Waals surface area contributed by atoms with Crippen LogP contribution in [0.1, 0.15) is 54.1 Å². The van der Waals surface area contributed by atoms with Gasteiger partial charge in [0.05, 0.1) is 11.2 Å². The molecule has 0 saturated carbocycles. The summed E-state index contributed by atoms with van der Waals surface area (Å²) >= 11 is 0.